The van der Waals surface area contributed by atoms with Crippen molar-refractivity contribution in [3.8, 4) is 0 Å². The average molecular weight is 566 g/mol. The second kappa shape index (κ2) is 12.4. The van der Waals surface area contributed by atoms with Crippen molar-refractivity contribution in [2.45, 2.75) is 19.0 Å². The summed E-state index contributed by atoms with van der Waals surface area (Å²) in [6.07, 6.45) is 1.05. The van der Waals surface area contributed by atoms with Gasteiger partial charge in [0.15, 0.2) is 0 Å². The number of amides is 2. The van der Waals surface area contributed by atoms with Crippen LogP contribution >= 0.6 is 23.2 Å². The lowest BCUT2D eigenvalue weighted by Gasteiger charge is -2.33. The highest BCUT2D eigenvalue weighted by Crippen LogP contribution is 2.31. The minimum absolute atomic E-state index is 0.00964. The van der Waals surface area contributed by atoms with Gasteiger partial charge in [0.25, 0.3) is 0 Å². The SMILES string of the molecule is CNC(=O)[C@@H](Cc1ccccc1)N(Cc1ccccc1F)C(=O)CN(c1cc(Cl)ccc1Cl)S(C)(=O)=O. The van der Waals surface area contributed by atoms with Crippen molar-refractivity contribution in [2.75, 3.05) is 24.2 Å². The predicted molar refractivity (Wildman–Crippen MR) is 144 cm³/mol. The molecule has 37 heavy (non-hydrogen) atoms. The number of halogens is 3. The molecule has 1 N–H and O–H groups in total. The average Bonchev–Trinajstić information content (AvgIpc) is 2.86. The fourth-order valence-corrected chi connectivity index (χ4v) is 5.09. The molecule has 0 saturated carbocycles. The Balaban J connectivity index is 2.07. The Morgan fingerprint density at radius 3 is 2.27 bits per heavy atom. The van der Waals surface area contributed by atoms with E-state index in [1.165, 1.54) is 48.3 Å². The molecule has 0 radical (unpaired) electrons. The molecule has 0 aliphatic heterocycles. The van der Waals surface area contributed by atoms with Gasteiger partial charge in [0, 0.05) is 30.6 Å². The quantitative estimate of drug-likeness (QED) is 0.397. The van der Waals surface area contributed by atoms with Crippen LogP contribution in [-0.4, -0.2) is 51.0 Å². The van der Waals surface area contributed by atoms with E-state index in [0.29, 0.717) is 0 Å². The molecule has 0 saturated heterocycles. The largest absolute Gasteiger partial charge is 0.357 e. The van der Waals surface area contributed by atoms with Crippen LogP contribution in [0.1, 0.15) is 11.1 Å². The number of rotatable bonds is 10. The zero-order chi connectivity index (χ0) is 27.2. The van der Waals surface area contributed by atoms with Gasteiger partial charge in [0.05, 0.1) is 17.0 Å². The molecule has 2 amide bonds. The van der Waals surface area contributed by atoms with Crippen molar-refractivity contribution in [3.05, 3.63) is 99.8 Å². The summed E-state index contributed by atoms with van der Waals surface area (Å²) in [7, 11) is -2.58. The molecule has 0 unspecified atom stereocenters. The molecule has 7 nitrogen and oxygen atoms in total. The Kier molecular flexibility index (Phi) is 9.53. The number of sulfonamides is 1. The third-order valence-corrected chi connectivity index (χ3v) is 7.35. The number of hydrogen-bond donors (Lipinski definition) is 1. The first-order chi connectivity index (χ1) is 17.5. The highest BCUT2D eigenvalue weighted by Gasteiger charge is 2.33. The Bertz CT molecular complexity index is 1370. The van der Waals surface area contributed by atoms with Crippen molar-refractivity contribution in [1.82, 2.24) is 10.2 Å². The topological polar surface area (TPSA) is 86.8 Å². The second-order valence-electron chi connectivity index (χ2n) is 8.30. The molecule has 0 aliphatic carbocycles. The smallest absolute Gasteiger partial charge is 0.244 e. The van der Waals surface area contributed by atoms with E-state index >= 15 is 0 Å². The lowest BCUT2D eigenvalue weighted by atomic mass is 10.0. The molecular weight excluding hydrogens is 540 g/mol. The van der Waals surface area contributed by atoms with E-state index in [1.54, 1.807) is 30.3 Å². The van der Waals surface area contributed by atoms with Gasteiger partial charge in [0.1, 0.15) is 18.4 Å². The van der Waals surface area contributed by atoms with Gasteiger partial charge in [-0.3, -0.25) is 13.9 Å². The number of nitrogens with one attached hydrogen (secondary N) is 1. The van der Waals surface area contributed by atoms with Crippen LogP contribution in [-0.2, 0) is 32.6 Å². The van der Waals surface area contributed by atoms with Gasteiger partial charge >= 0.3 is 0 Å². The van der Waals surface area contributed by atoms with Crippen molar-refractivity contribution in [2.24, 2.45) is 0 Å². The molecule has 1 atom stereocenters. The third-order valence-electron chi connectivity index (χ3n) is 5.67. The van der Waals surface area contributed by atoms with E-state index in [9.17, 15) is 22.4 Å². The molecule has 0 spiro atoms. The van der Waals surface area contributed by atoms with Crippen molar-refractivity contribution in [1.29, 1.82) is 0 Å². The highest BCUT2D eigenvalue weighted by atomic mass is 35.5. The van der Waals surface area contributed by atoms with Crippen molar-refractivity contribution in [3.63, 3.8) is 0 Å². The maximum atomic E-state index is 14.6. The second-order valence-corrected chi connectivity index (χ2v) is 11.0. The van der Waals surface area contributed by atoms with E-state index in [2.05, 4.69) is 5.32 Å². The monoisotopic (exact) mass is 565 g/mol. The molecule has 3 aromatic carbocycles. The van der Waals surface area contributed by atoms with E-state index in [-0.39, 0.29) is 34.3 Å². The number of carbonyl (C=O) groups excluding carboxylic acids is 2. The normalized spacial score (nSPS) is 12.0. The Morgan fingerprint density at radius 2 is 1.65 bits per heavy atom. The molecule has 3 rings (SSSR count). The zero-order valence-corrected chi connectivity index (χ0v) is 22.5. The van der Waals surface area contributed by atoms with E-state index in [0.717, 1.165) is 16.1 Å². The third kappa shape index (κ3) is 7.44. The van der Waals surface area contributed by atoms with Crippen LogP contribution in [0.5, 0.6) is 0 Å². The van der Waals surface area contributed by atoms with Crippen LogP contribution in [0.2, 0.25) is 10.0 Å². The molecule has 3 aromatic rings. The molecule has 0 heterocycles. The minimum Gasteiger partial charge on any atom is -0.357 e. The minimum atomic E-state index is -4.01. The Morgan fingerprint density at radius 1 is 1.00 bits per heavy atom. The van der Waals surface area contributed by atoms with Crippen LogP contribution in [0, 0.1) is 5.82 Å². The summed E-state index contributed by atoms with van der Waals surface area (Å²) in [4.78, 5) is 28.0. The summed E-state index contributed by atoms with van der Waals surface area (Å²) in [5.41, 5.74) is 0.945. The predicted octanol–water partition coefficient (Wildman–Crippen LogP) is 4.28. The first-order valence-corrected chi connectivity index (χ1v) is 13.8. The van der Waals surface area contributed by atoms with Crippen molar-refractivity contribution < 1.29 is 22.4 Å². The molecule has 0 fully saturated rings. The molecular formula is C26H26Cl2FN3O4S. The summed E-state index contributed by atoms with van der Waals surface area (Å²) >= 11 is 12.3. The number of carbonyl (C=O) groups is 2. The van der Waals surface area contributed by atoms with Gasteiger partial charge in [-0.25, -0.2) is 12.8 Å². The van der Waals surface area contributed by atoms with E-state index in [4.69, 9.17) is 23.2 Å². The lowest BCUT2D eigenvalue weighted by Crippen LogP contribution is -2.53. The Labute approximate surface area is 225 Å². The van der Waals surface area contributed by atoms with Crippen LogP contribution < -0.4 is 9.62 Å². The number of benzene rings is 3. The fraction of sp³-hybridized carbons (Fsp3) is 0.231. The van der Waals surface area contributed by atoms with Crippen molar-refractivity contribution >= 4 is 50.7 Å². The fourth-order valence-electron chi connectivity index (χ4n) is 3.80. The standard InChI is InChI=1S/C26H26Cl2FN3O4S/c1-30-26(34)24(14-18-8-4-3-5-9-18)31(16-19-10-6-7-11-22(19)29)25(33)17-32(37(2,35)36)23-15-20(27)12-13-21(23)28/h3-13,15,24H,14,16-17H2,1-2H3,(H,30,34)/t24-/m1/s1. The van der Waals surface area contributed by atoms with Gasteiger partial charge in [0.2, 0.25) is 21.8 Å². The van der Waals surface area contributed by atoms with E-state index in [1.807, 2.05) is 6.07 Å². The maximum absolute atomic E-state index is 14.6. The summed E-state index contributed by atoms with van der Waals surface area (Å²) < 4.78 is 40.9. The summed E-state index contributed by atoms with van der Waals surface area (Å²) in [6.45, 7) is -0.951. The van der Waals surface area contributed by atoms with Crippen LogP contribution in [0.25, 0.3) is 0 Å². The molecule has 0 bridgehead atoms. The molecule has 0 aromatic heterocycles. The number of likely N-dealkylation sites (N-methyl/N-ethyl adjacent to an activating group) is 1. The summed E-state index contributed by atoms with van der Waals surface area (Å²) in [5.74, 6) is -1.77. The number of nitrogens with zero attached hydrogens (tertiary/aromatic N) is 2. The van der Waals surface area contributed by atoms with Gasteiger partial charge in [-0.2, -0.15) is 0 Å². The van der Waals surface area contributed by atoms with Crippen LogP contribution in [0.15, 0.2) is 72.8 Å². The summed E-state index contributed by atoms with van der Waals surface area (Å²) in [5, 5.41) is 2.84. The van der Waals surface area contributed by atoms with Gasteiger partial charge in [-0.05, 0) is 29.8 Å². The van der Waals surface area contributed by atoms with Crippen LogP contribution in [0.4, 0.5) is 10.1 Å². The number of hydrogen-bond acceptors (Lipinski definition) is 4. The summed E-state index contributed by atoms with van der Waals surface area (Å²) in [6, 6.07) is 18.1. The molecule has 11 heteroatoms. The van der Waals surface area contributed by atoms with Gasteiger partial charge < -0.3 is 10.2 Å². The molecule has 0 aliphatic rings. The molecule has 196 valence electrons. The zero-order valence-electron chi connectivity index (χ0n) is 20.2. The van der Waals surface area contributed by atoms with Gasteiger partial charge in [-0.15, -0.1) is 0 Å². The first-order valence-electron chi connectivity index (χ1n) is 11.2. The lowest BCUT2D eigenvalue weighted by molar-refractivity contribution is -0.139. The van der Waals surface area contributed by atoms with Gasteiger partial charge in [-0.1, -0.05) is 71.7 Å². The van der Waals surface area contributed by atoms with Crippen LogP contribution in [0.3, 0.4) is 0 Å². The maximum Gasteiger partial charge on any atom is 0.244 e. The first kappa shape index (κ1) is 28.4. The van der Waals surface area contributed by atoms with E-state index < -0.39 is 40.2 Å². The number of anilines is 1. The Hall–Kier alpha value is -3.14. The highest BCUT2D eigenvalue weighted by molar-refractivity contribution is 7.92.